The number of ether oxygens (including phenoxy) is 1. The molecule has 0 aliphatic rings. The average Bonchev–Trinajstić information content (AvgIpc) is 2.18. The molecule has 1 aromatic carbocycles. The highest BCUT2D eigenvalue weighted by Crippen LogP contribution is 2.14. The van der Waals surface area contributed by atoms with Gasteiger partial charge in [0.25, 0.3) is 0 Å². The van der Waals surface area contributed by atoms with Crippen LogP contribution in [0.5, 0.6) is 5.75 Å². The van der Waals surface area contributed by atoms with Gasteiger partial charge in [-0.1, -0.05) is 18.7 Å². The predicted molar refractivity (Wildman–Crippen MR) is 52.8 cm³/mol. The summed E-state index contributed by atoms with van der Waals surface area (Å²) in [6, 6.07) is 6.73. The molecule has 0 heterocycles. The first-order valence-electron chi connectivity index (χ1n) is 4.21. The van der Waals surface area contributed by atoms with Crippen molar-refractivity contribution >= 4 is 5.97 Å². The summed E-state index contributed by atoms with van der Waals surface area (Å²) in [4.78, 5) is 11.1. The van der Waals surface area contributed by atoms with Gasteiger partial charge in [0.05, 0.1) is 6.61 Å². The number of aliphatic hydroxyl groups excluding tert-OH is 1. The topological polar surface area (TPSA) is 46.5 Å². The number of benzene rings is 1. The number of carbonyl (C=O) groups excluding carboxylic acids is 1. The minimum atomic E-state index is -0.458. The zero-order chi connectivity index (χ0) is 10.6. The summed E-state index contributed by atoms with van der Waals surface area (Å²) in [6.07, 6.45) is 0. The van der Waals surface area contributed by atoms with Crippen LogP contribution in [0.1, 0.15) is 12.5 Å². The van der Waals surface area contributed by atoms with Gasteiger partial charge in [0.15, 0.2) is 0 Å². The van der Waals surface area contributed by atoms with Crippen molar-refractivity contribution < 1.29 is 14.6 Å². The highest BCUT2D eigenvalue weighted by atomic mass is 16.5. The molecular formula is C11H12O3. The first-order valence-corrected chi connectivity index (χ1v) is 4.21. The molecule has 1 rings (SSSR count). The van der Waals surface area contributed by atoms with Crippen molar-refractivity contribution in [2.24, 2.45) is 0 Å². The van der Waals surface area contributed by atoms with Crippen LogP contribution in [0.2, 0.25) is 0 Å². The van der Waals surface area contributed by atoms with Gasteiger partial charge in [0.1, 0.15) is 5.75 Å². The second-order valence-corrected chi connectivity index (χ2v) is 2.98. The van der Waals surface area contributed by atoms with Crippen LogP contribution in [0.25, 0.3) is 0 Å². The number of hydrogen-bond donors (Lipinski definition) is 1. The van der Waals surface area contributed by atoms with Crippen molar-refractivity contribution in [2.75, 3.05) is 0 Å². The van der Waals surface area contributed by atoms with Gasteiger partial charge in [0.2, 0.25) is 0 Å². The molecule has 0 aromatic heterocycles. The fourth-order valence-corrected chi connectivity index (χ4v) is 0.901. The van der Waals surface area contributed by atoms with E-state index in [9.17, 15) is 4.79 Å². The van der Waals surface area contributed by atoms with E-state index in [0.717, 1.165) is 0 Å². The van der Waals surface area contributed by atoms with E-state index in [1.165, 1.54) is 0 Å². The van der Waals surface area contributed by atoms with E-state index < -0.39 is 5.97 Å². The number of aliphatic hydroxyl groups is 1. The van der Waals surface area contributed by atoms with Crippen molar-refractivity contribution in [1.29, 1.82) is 0 Å². The van der Waals surface area contributed by atoms with Gasteiger partial charge in [-0.3, -0.25) is 0 Å². The summed E-state index contributed by atoms with van der Waals surface area (Å²) >= 11 is 0. The Morgan fingerprint density at radius 3 is 2.86 bits per heavy atom. The van der Waals surface area contributed by atoms with Crippen LogP contribution < -0.4 is 4.74 Å². The van der Waals surface area contributed by atoms with E-state index in [2.05, 4.69) is 6.58 Å². The Morgan fingerprint density at radius 1 is 1.57 bits per heavy atom. The second kappa shape index (κ2) is 4.58. The van der Waals surface area contributed by atoms with Crippen molar-refractivity contribution in [2.45, 2.75) is 13.5 Å². The molecule has 0 saturated carbocycles. The maximum Gasteiger partial charge on any atom is 0.338 e. The molecule has 0 radical (unpaired) electrons. The first-order chi connectivity index (χ1) is 6.63. The van der Waals surface area contributed by atoms with Crippen LogP contribution in [0.15, 0.2) is 36.4 Å². The van der Waals surface area contributed by atoms with Gasteiger partial charge < -0.3 is 9.84 Å². The molecule has 0 aliphatic heterocycles. The fraction of sp³-hybridized carbons (Fsp3) is 0.182. The standard InChI is InChI=1S/C11H12O3/c1-8(2)11(13)14-10-5-3-4-9(6-10)7-12/h3-6,12H,1,7H2,2H3. The minimum absolute atomic E-state index is 0.0710. The third kappa shape index (κ3) is 2.71. The predicted octanol–water partition coefficient (Wildman–Crippen LogP) is 1.66. The summed E-state index contributed by atoms with van der Waals surface area (Å²) < 4.78 is 4.97. The summed E-state index contributed by atoms with van der Waals surface area (Å²) in [5, 5.41) is 8.85. The van der Waals surface area contributed by atoms with Crippen molar-refractivity contribution in [3.63, 3.8) is 0 Å². The third-order valence-electron chi connectivity index (χ3n) is 1.64. The number of esters is 1. The van der Waals surface area contributed by atoms with E-state index in [4.69, 9.17) is 9.84 Å². The SMILES string of the molecule is C=C(C)C(=O)Oc1cccc(CO)c1. The monoisotopic (exact) mass is 192 g/mol. The lowest BCUT2D eigenvalue weighted by Gasteiger charge is -2.04. The number of rotatable bonds is 3. The van der Waals surface area contributed by atoms with Gasteiger partial charge in [0, 0.05) is 5.57 Å². The van der Waals surface area contributed by atoms with Crippen LogP contribution in [-0.2, 0) is 11.4 Å². The zero-order valence-electron chi connectivity index (χ0n) is 7.99. The smallest absolute Gasteiger partial charge is 0.338 e. The highest BCUT2D eigenvalue weighted by Gasteiger charge is 2.04. The molecule has 3 nitrogen and oxygen atoms in total. The van der Waals surface area contributed by atoms with E-state index in [-0.39, 0.29) is 6.61 Å². The zero-order valence-corrected chi connectivity index (χ0v) is 7.99. The lowest BCUT2D eigenvalue weighted by molar-refractivity contribution is -0.130. The molecule has 14 heavy (non-hydrogen) atoms. The van der Waals surface area contributed by atoms with Crippen LogP contribution in [0, 0.1) is 0 Å². The molecule has 0 spiro atoms. The van der Waals surface area contributed by atoms with Gasteiger partial charge in [-0.05, 0) is 24.6 Å². The molecule has 74 valence electrons. The Balaban J connectivity index is 2.76. The first kappa shape index (κ1) is 10.5. The fourth-order valence-electron chi connectivity index (χ4n) is 0.901. The maximum atomic E-state index is 11.1. The summed E-state index contributed by atoms with van der Waals surface area (Å²) in [7, 11) is 0. The lowest BCUT2D eigenvalue weighted by atomic mass is 10.2. The Hall–Kier alpha value is -1.61. The Kier molecular flexibility index (Phi) is 3.42. The largest absolute Gasteiger partial charge is 0.423 e. The maximum absolute atomic E-state index is 11.1. The quantitative estimate of drug-likeness (QED) is 0.450. The number of hydrogen-bond acceptors (Lipinski definition) is 3. The summed E-state index contributed by atoms with van der Waals surface area (Å²) in [5.74, 6) is -0.0374. The molecule has 3 heteroatoms. The van der Waals surface area contributed by atoms with E-state index in [1.54, 1.807) is 31.2 Å². The Bertz CT molecular complexity index is 355. The van der Waals surface area contributed by atoms with E-state index in [1.807, 2.05) is 0 Å². The molecule has 1 N–H and O–H groups in total. The van der Waals surface area contributed by atoms with Crippen LogP contribution in [0.4, 0.5) is 0 Å². The van der Waals surface area contributed by atoms with E-state index in [0.29, 0.717) is 16.9 Å². The molecule has 0 bridgehead atoms. The van der Waals surface area contributed by atoms with Crippen molar-refractivity contribution in [1.82, 2.24) is 0 Å². The normalized spacial score (nSPS) is 9.57. The lowest BCUT2D eigenvalue weighted by Crippen LogP contribution is -2.08. The third-order valence-corrected chi connectivity index (χ3v) is 1.64. The summed E-state index contributed by atoms with van der Waals surface area (Å²) in [6.45, 7) is 4.98. The summed E-state index contributed by atoms with van der Waals surface area (Å²) in [5.41, 5.74) is 1.05. The van der Waals surface area contributed by atoms with E-state index >= 15 is 0 Å². The highest BCUT2D eigenvalue weighted by molar-refractivity contribution is 5.88. The molecule has 0 atom stereocenters. The van der Waals surface area contributed by atoms with Crippen molar-refractivity contribution in [3.8, 4) is 5.75 Å². The van der Waals surface area contributed by atoms with Gasteiger partial charge in [-0.15, -0.1) is 0 Å². The van der Waals surface area contributed by atoms with Crippen molar-refractivity contribution in [3.05, 3.63) is 42.0 Å². The molecule has 0 amide bonds. The molecule has 1 aromatic rings. The van der Waals surface area contributed by atoms with Gasteiger partial charge >= 0.3 is 5.97 Å². The Labute approximate surface area is 82.6 Å². The number of carbonyl (C=O) groups is 1. The molecule has 0 saturated heterocycles. The minimum Gasteiger partial charge on any atom is -0.423 e. The van der Waals surface area contributed by atoms with Crippen LogP contribution >= 0.6 is 0 Å². The molecule has 0 aliphatic carbocycles. The van der Waals surface area contributed by atoms with Crippen LogP contribution in [0.3, 0.4) is 0 Å². The molecule has 0 fully saturated rings. The van der Waals surface area contributed by atoms with Crippen LogP contribution in [-0.4, -0.2) is 11.1 Å². The molecule has 0 unspecified atom stereocenters. The van der Waals surface area contributed by atoms with Gasteiger partial charge in [-0.2, -0.15) is 0 Å². The average molecular weight is 192 g/mol. The second-order valence-electron chi connectivity index (χ2n) is 2.98. The molecular weight excluding hydrogens is 180 g/mol. The Morgan fingerprint density at radius 2 is 2.29 bits per heavy atom. The van der Waals surface area contributed by atoms with Gasteiger partial charge in [-0.25, -0.2) is 4.79 Å².